The summed E-state index contributed by atoms with van der Waals surface area (Å²) in [6.07, 6.45) is 5.87. The van der Waals surface area contributed by atoms with Crippen LogP contribution in [0.15, 0.2) is 54.6 Å². The lowest BCUT2D eigenvalue weighted by atomic mass is 9.84. The molecule has 1 N–H and O–H groups in total. The molecule has 0 spiro atoms. The van der Waals surface area contributed by atoms with Crippen molar-refractivity contribution in [2.24, 2.45) is 0 Å². The average molecular weight is 530 g/mol. The van der Waals surface area contributed by atoms with Crippen molar-refractivity contribution in [3.63, 3.8) is 0 Å². The molecule has 2 saturated heterocycles. The van der Waals surface area contributed by atoms with Gasteiger partial charge in [0.1, 0.15) is 0 Å². The van der Waals surface area contributed by atoms with Crippen molar-refractivity contribution in [3.05, 3.63) is 75.8 Å². The number of likely N-dealkylation sites (tertiary alicyclic amines) is 1. The molecule has 2 aromatic carbocycles. The summed E-state index contributed by atoms with van der Waals surface area (Å²) in [5.74, 6) is -0.0224. The number of amides is 2. The Hall–Kier alpha value is -2.38. The Labute approximate surface area is 223 Å². The van der Waals surface area contributed by atoms with Crippen molar-refractivity contribution in [2.45, 2.75) is 31.3 Å². The molecule has 2 aromatic rings. The minimum Gasteiger partial charge on any atom is -0.385 e. The number of benzene rings is 2. The molecule has 2 heterocycles. The van der Waals surface area contributed by atoms with Gasteiger partial charge in [0.25, 0.3) is 0 Å². The number of hydrogen-bond acceptors (Lipinski definition) is 4. The second-order valence-electron chi connectivity index (χ2n) is 9.56. The van der Waals surface area contributed by atoms with Crippen molar-refractivity contribution >= 4 is 41.1 Å². The van der Waals surface area contributed by atoms with E-state index >= 15 is 0 Å². The van der Waals surface area contributed by atoms with Crippen molar-refractivity contribution in [2.75, 3.05) is 45.8 Å². The van der Waals surface area contributed by atoms with E-state index in [2.05, 4.69) is 4.90 Å². The van der Waals surface area contributed by atoms with Gasteiger partial charge in [-0.15, -0.1) is 0 Å². The molecule has 36 heavy (non-hydrogen) atoms. The lowest BCUT2D eigenvalue weighted by Crippen LogP contribution is -2.43. The predicted molar refractivity (Wildman–Crippen MR) is 144 cm³/mol. The van der Waals surface area contributed by atoms with Crippen LogP contribution in [0, 0.1) is 0 Å². The standard InChI is InChI=1S/C28H33Cl2N3O3/c29-24-9-7-22(21-25(24)30)8-10-26(34)33-16-11-27(35)32(19-20-33)15-4-14-31-17-12-28(36,13-18-31)23-5-2-1-3-6-23/h1-3,5-10,21,36H,4,11-20H2. The van der Waals surface area contributed by atoms with E-state index in [1.165, 1.54) is 6.08 Å². The molecule has 0 unspecified atom stereocenters. The second-order valence-corrected chi connectivity index (χ2v) is 10.4. The van der Waals surface area contributed by atoms with Crippen LogP contribution in [0.3, 0.4) is 0 Å². The summed E-state index contributed by atoms with van der Waals surface area (Å²) in [5, 5.41) is 11.9. The largest absolute Gasteiger partial charge is 0.385 e. The van der Waals surface area contributed by atoms with Crippen LogP contribution in [0.1, 0.15) is 36.8 Å². The average Bonchev–Trinajstić information content (AvgIpc) is 3.08. The van der Waals surface area contributed by atoms with Crippen LogP contribution >= 0.6 is 23.2 Å². The summed E-state index contributed by atoms with van der Waals surface area (Å²) >= 11 is 12.0. The molecule has 8 heteroatoms. The number of aliphatic hydroxyl groups is 1. The number of hydrogen-bond donors (Lipinski definition) is 1. The van der Waals surface area contributed by atoms with Gasteiger partial charge in [-0.05, 0) is 55.1 Å². The lowest BCUT2D eigenvalue weighted by molar-refractivity contribution is -0.130. The maximum atomic E-state index is 12.7. The molecule has 192 valence electrons. The second kappa shape index (κ2) is 12.2. The Morgan fingerprint density at radius 3 is 2.42 bits per heavy atom. The van der Waals surface area contributed by atoms with Crippen molar-refractivity contribution in [1.29, 1.82) is 0 Å². The zero-order chi connectivity index (χ0) is 25.5. The van der Waals surface area contributed by atoms with E-state index in [1.54, 1.807) is 29.2 Å². The SMILES string of the molecule is O=C(C=Cc1ccc(Cl)c(Cl)c1)N1CCC(=O)N(CCCN2CCC(O)(c3ccccc3)CC2)CC1. The molecule has 0 bridgehead atoms. The van der Waals surface area contributed by atoms with Crippen molar-refractivity contribution in [1.82, 2.24) is 14.7 Å². The van der Waals surface area contributed by atoms with Gasteiger partial charge in [-0.2, -0.15) is 0 Å². The molecule has 0 aromatic heterocycles. The topological polar surface area (TPSA) is 64.1 Å². The first-order valence-electron chi connectivity index (χ1n) is 12.5. The molecular formula is C28H33Cl2N3O3. The first-order chi connectivity index (χ1) is 17.3. The van der Waals surface area contributed by atoms with Crippen molar-refractivity contribution < 1.29 is 14.7 Å². The van der Waals surface area contributed by atoms with Gasteiger partial charge in [0.2, 0.25) is 11.8 Å². The smallest absolute Gasteiger partial charge is 0.246 e. The Kier molecular flexibility index (Phi) is 9.07. The molecule has 0 aliphatic carbocycles. The third kappa shape index (κ3) is 6.88. The summed E-state index contributed by atoms with van der Waals surface area (Å²) in [5.41, 5.74) is 1.04. The number of halogens is 2. The van der Waals surface area contributed by atoms with Gasteiger partial charge in [0.15, 0.2) is 0 Å². The molecule has 0 saturated carbocycles. The zero-order valence-corrected chi connectivity index (χ0v) is 21.9. The van der Waals surface area contributed by atoms with E-state index < -0.39 is 5.60 Å². The van der Waals surface area contributed by atoms with Crippen molar-refractivity contribution in [3.8, 4) is 0 Å². The van der Waals surface area contributed by atoms with Crippen LogP contribution in [-0.4, -0.2) is 77.4 Å². The third-order valence-electron chi connectivity index (χ3n) is 7.16. The fourth-order valence-corrected chi connectivity index (χ4v) is 5.19. The van der Waals surface area contributed by atoms with Gasteiger partial charge in [-0.1, -0.05) is 59.6 Å². The van der Waals surface area contributed by atoms with Gasteiger partial charge in [-0.25, -0.2) is 0 Å². The Morgan fingerprint density at radius 1 is 0.944 bits per heavy atom. The van der Waals surface area contributed by atoms with Gasteiger partial charge in [-0.3, -0.25) is 9.59 Å². The molecule has 2 amide bonds. The molecule has 6 nitrogen and oxygen atoms in total. The number of carbonyl (C=O) groups excluding carboxylic acids is 2. The van der Waals surface area contributed by atoms with Crippen LogP contribution in [0.25, 0.3) is 6.08 Å². The summed E-state index contributed by atoms with van der Waals surface area (Å²) in [6.45, 7) is 4.73. The summed E-state index contributed by atoms with van der Waals surface area (Å²) in [4.78, 5) is 31.3. The van der Waals surface area contributed by atoms with Gasteiger partial charge >= 0.3 is 0 Å². The van der Waals surface area contributed by atoms with E-state index in [1.807, 2.05) is 35.2 Å². The molecule has 2 aliphatic rings. The van der Waals surface area contributed by atoms with Crippen LogP contribution in [0.5, 0.6) is 0 Å². The van der Waals surface area contributed by atoms with Gasteiger partial charge < -0.3 is 19.8 Å². The van der Waals surface area contributed by atoms with Gasteiger partial charge in [0.05, 0.1) is 15.6 Å². The first kappa shape index (κ1) is 26.7. The fourth-order valence-electron chi connectivity index (χ4n) is 4.88. The summed E-state index contributed by atoms with van der Waals surface area (Å²) in [7, 11) is 0. The minimum absolute atomic E-state index is 0.0934. The fraction of sp³-hybridized carbons (Fsp3) is 0.429. The maximum Gasteiger partial charge on any atom is 0.246 e. The van der Waals surface area contributed by atoms with E-state index in [0.29, 0.717) is 55.5 Å². The number of nitrogens with zero attached hydrogens (tertiary/aromatic N) is 3. The van der Waals surface area contributed by atoms with E-state index in [-0.39, 0.29) is 11.8 Å². The number of rotatable bonds is 7. The predicted octanol–water partition coefficient (Wildman–Crippen LogP) is 4.44. The monoisotopic (exact) mass is 529 g/mol. The molecule has 2 aliphatic heterocycles. The van der Waals surface area contributed by atoms with Crippen LogP contribution < -0.4 is 0 Å². The quantitative estimate of drug-likeness (QED) is 0.538. The Balaban J connectivity index is 1.21. The zero-order valence-electron chi connectivity index (χ0n) is 20.4. The third-order valence-corrected chi connectivity index (χ3v) is 7.90. The molecule has 0 radical (unpaired) electrons. The minimum atomic E-state index is -0.747. The Bertz CT molecular complexity index is 1080. The van der Waals surface area contributed by atoms with E-state index in [0.717, 1.165) is 37.2 Å². The molecule has 2 fully saturated rings. The number of carbonyl (C=O) groups is 2. The Morgan fingerprint density at radius 2 is 1.69 bits per heavy atom. The normalized spacial score (nSPS) is 19.0. The van der Waals surface area contributed by atoms with Crippen LogP contribution in [-0.2, 0) is 15.2 Å². The highest BCUT2D eigenvalue weighted by atomic mass is 35.5. The molecule has 4 rings (SSSR count). The van der Waals surface area contributed by atoms with Crippen LogP contribution in [0.4, 0.5) is 0 Å². The highest BCUT2D eigenvalue weighted by molar-refractivity contribution is 6.42. The lowest BCUT2D eigenvalue weighted by Gasteiger charge is -2.38. The van der Waals surface area contributed by atoms with E-state index in [4.69, 9.17) is 23.2 Å². The summed E-state index contributed by atoms with van der Waals surface area (Å²) in [6, 6.07) is 15.1. The first-order valence-corrected chi connectivity index (χ1v) is 13.3. The molecule has 0 atom stereocenters. The van der Waals surface area contributed by atoms with E-state index in [9.17, 15) is 14.7 Å². The number of piperidine rings is 1. The van der Waals surface area contributed by atoms with Crippen LogP contribution in [0.2, 0.25) is 10.0 Å². The highest BCUT2D eigenvalue weighted by Gasteiger charge is 2.33. The van der Waals surface area contributed by atoms with Gasteiger partial charge in [0, 0.05) is 51.8 Å². The molecular weight excluding hydrogens is 497 g/mol. The highest BCUT2D eigenvalue weighted by Crippen LogP contribution is 2.32. The maximum absolute atomic E-state index is 12.7. The summed E-state index contributed by atoms with van der Waals surface area (Å²) < 4.78 is 0.